The summed E-state index contributed by atoms with van der Waals surface area (Å²) in [6.07, 6.45) is 1.79. The molecule has 0 radical (unpaired) electrons. The van der Waals surface area contributed by atoms with Crippen LogP contribution in [-0.2, 0) is 26.0 Å². The number of carbonyl (C=O) groups excluding carboxylic acids is 1. The van der Waals surface area contributed by atoms with Crippen LogP contribution in [0.25, 0.3) is 0 Å². The van der Waals surface area contributed by atoms with E-state index in [0.29, 0.717) is 17.9 Å². The van der Waals surface area contributed by atoms with E-state index in [0.717, 1.165) is 28.7 Å². The number of hydrogen-bond donors (Lipinski definition) is 1. The molecule has 1 atom stereocenters. The second-order valence-corrected chi connectivity index (χ2v) is 9.74. The lowest BCUT2D eigenvalue weighted by Crippen LogP contribution is -2.29. The number of halogens is 1. The fourth-order valence-electron chi connectivity index (χ4n) is 3.34. The highest BCUT2D eigenvalue weighted by molar-refractivity contribution is 7.89. The lowest BCUT2D eigenvalue weighted by atomic mass is 9.97. The molecule has 3 aromatic rings. The Morgan fingerprint density at radius 3 is 2.06 bits per heavy atom. The van der Waals surface area contributed by atoms with Gasteiger partial charge in [0.05, 0.1) is 18.0 Å². The summed E-state index contributed by atoms with van der Waals surface area (Å²) >= 11 is 5.91. The molecule has 5 nitrogen and oxygen atoms in total. The van der Waals surface area contributed by atoms with E-state index in [1.54, 1.807) is 12.1 Å². The van der Waals surface area contributed by atoms with Gasteiger partial charge in [-0.2, -0.15) is 4.72 Å². The molecule has 3 rings (SSSR count). The second kappa shape index (κ2) is 10.8. The number of ether oxygens (including phenoxy) is 1. The summed E-state index contributed by atoms with van der Waals surface area (Å²) in [5, 5.41) is 0.474. The summed E-state index contributed by atoms with van der Waals surface area (Å²) < 4.78 is 33.6. The van der Waals surface area contributed by atoms with E-state index < -0.39 is 16.1 Å². The molecular weight excluding hydrogens is 446 g/mol. The largest absolute Gasteiger partial charge is 0.469 e. The molecule has 0 saturated carbocycles. The van der Waals surface area contributed by atoms with Gasteiger partial charge in [0, 0.05) is 11.4 Å². The van der Waals surface area contributed by atoms with Gasteiger partial charge in [0.2, 0.25) is 10.0 Å². The molecule has 0 amide bonds. The van der Waals surface area contributed by atoms with Crippen LogP contribution in [0.1, 0.15) is 41.1 Å². The summed E-state index contributed by atoms with van der Waals surface area (Å²) in [5.41, 5.74) is 3.82. The van der Waals surface area contributed by atoms with Crippen LogP contribution in [0.4, 0.5) is 0 Å². The lowest BCUT2D eigenvalue weighted by molar-refractivity contribution is -0.140. The molecule has 0 fully saturated rings. The van der Waals surface area contributed by atoms with Gasteiger partial charge >= 0.3 is 5.97 Å². The smallest absolute Gasteiger partial charge is 0.305 e. The predicted molar refractivity (Wildman–Crippen MR) is 126 cm³/mol. The number of methoxy groups -OCH3 is 1. The van der Waals surface area contributed by atoms with Gasteiger partial charge in [-0.25, -0.2) is 8.42 Å². The van der Waals surface area contributed by atoms with E-state index in [9.17, 15) is 13.2 Å². The first-order chi connectivity index (χ1) is 15.3. The highest BCUT2D eigenvalue weighted by atomic mass is 35.5. The average molecular weight is 472 g/mol. The fraction of sp³-hybridized carbons (Fsp3) is 0.240. The maximum Gasteiger partial charge on any atom is 0.305 e. The van der Waals surface area contributed by atoms with E-state index in [2.05, 4.69) is 9.46 Å². The number of sulfonamides is 1. The van der Waals surface area contributed by atoms with Crippen LogP contribution in [0, 0.1) is 6.92 Å². The number of nitrogens with one attached hydrogen (secondary N) is 1. The Morgan fingerprint density at radius 1 is 0.938 bits per heavy atom. The van der Waals surface area contributed by atoms with Gasteiger partial charge in [-0.05, 0) is 60.7 Å². The van der Waals surface area contributed by atoms with Crippen molar-refractivity contribution in [2.75, 3.05) is 7.11 Å². The minimum atomic E-state index is -3.78. The van der Waals surface area contributed by atoms with Crippen molar-refractivity contribution in [3.63, 3.8) is 0 Å². The Labute approximate surface area is 194 Å². The third-order valence-corrected chi connectivity index (χ3v) is 6.89. The topological polar surface area (TPSA) is 72.5 Å². The maximum atomic E-state index is 13.1. The molecule has 1 N–H and O–H groups in total. The van der Waals surface area contributed by atoms with Crippen molar-refractivity contribution in [3.8, 4) is 0 Å². The van der Waals surface area contributed by atoms with Crippen molar-refractivity contribution in [2.45, 2.75) is 37.1 Å². The Bertz CT molecular complexity index is 1140. The van der Waals surface area contributed by atoms with Crippen molar-refractivity contribution in [1.82, 2.24) is 4.72 Å². The predicted octanol–water partition coefficient (Wildman–Crippen LogP) is 5.21. The quantitative estimate of drug-likeness (QED) is 0.435. The molecule has 3 aromatic carbocycles. The van der Waals surface area contributed by atoms with E-state index >= 15 is 0 Å². The molecular formula is C25H26ClNO4S. The Hall–Kier alpha value is -2.67. The maximum absolute atomic E-state index is 13.1. The first-order valence-corrected chi connectivity index (χ1v) is 12.1. The number of aryl methyl sites for hydroxylation is 2. The fourth-order valence-corrected chi connectivity index (χ4v) is 4.68. The first-order valence-electron chi connectivity index (χ1n) is 10.3. The van der Waals surface area contributed by atoms with Crippen LogP contribution < -0.4 is 4.72 Å². The van der Waals surface area contributed by atoms with Gasteiger partial charge in [0.15, 0.2) is 0 Å². The highest BCUT2D eigenvalue weighted by Gasteiger charge is 2.23. The van der Waals surface area contributed by atoms with Crippen molar-refractivity contribution >= 4 is 27.6 Å². The number of esters is 1. The molecule has 0 saturated heterocycles. The average Bonchev–Trinajstić information content (AvgIpc) is 2.79. The SMILES string of the molecule is COC(=O)CCCc1ccc(C(NS(=O)(=O)c2ccc(Cl)cc2)c2ccc(C)cc2)cc1. The van der Waals surface area contributed by atoms with E-state index in [1.165, 1.54) is 19.2 Å². The zero-order chi connectivity index (χ0) is 23.1. The van der Waals surface area contributed by atoms with E-state index in [-0.39, 0.29) is 10.9 Å². The normalized spacial score (nSPS) is 12.3. The Kier molecular flexibility index (Phi) is 8.07. The summed E-state index contributed by atoms with van der Waals surface area (Å²) in [5.74, 6) is -0.224. The Morgan fingerprint density at radius 2 is 1.50 bits per heavy atom. The third-order valence-electron chi connectivity index (χ3n) is 5.19. The summed E-state index contributed by atoms with van der Waals surface area (Å²) in [7, 11) is -2.40. The minimum absolute atomic E-state index is 0.151. The standard InChI is InChI=1S/C25H26ClNO4S/c1-18-6-10-20(11-7-18)25(27-32(29,30)23-16-14-22(26)15-17-23)21-12-8-19(9-13-21)4-3-5-24(28)31-2/h6-17,25,27H,3-5H2,1-2H3. The lowest BCUT2D eigenvalue weighted by Gasteiger charge is -2.20. The van der Waals surface area contributed by atoms with Crippen molar-refractivity contribution in [2.24, 2.45) is 0 Å². The van der Waals surface area contributed by atoms with Crippen molar-refractivity contribution in [3.05, 3.63) is 100 Å². The van der Waals surface area contributed by atoms with Crippen LogP contribution in [0.5, 0.6) is 0 Å². The van der Waals surface area contributed by atoms with Gasteiger partial charge in [-0.3, -0.25) is 4.79 Å². The zero-order valence-corrected chi connectivity index (χ0v) is 19.6. The first kappa shape index (κ1) is 24.0. The van der Waals surface area contributed by atoms with Gasteiger partial charge in [0.25, 0.3) is 0 Å². The monoisotopic (exact) mass is 471 g/mol. The Balaban J connectivity index is 1.85. The summed E-state index contributed by atoms with van der Waals surface area (Å²) in [6.45, 7) is 1.99. The molecule has 7 heteroatoms. The molecule has 32 heavy (non-hydrogen) atoms. The van der Waals surface area contributed by atoms with Gasteiger partial charge in [-0.1, -0.05) is 65.7 Å². The molecule has 168 valence electrons. The van der Waals surface area contributed by atoms with Gasteiger partial charge in [-0.15, -0.1) is 0 Å². The van der Waals surface area contributed by atoms with Gasteiger partial charge < -0.3 is 4.74 Å². The van der Waals surface area contributed by atoms with Crippen LogP contribution in [0.15, 0.2) is 77.7 Å². The van der Waals surface area contributed by atoms with E-state index in [4.69, 9.17) is 11.6 Å². The molecule has 0 aliphatic carbocycles. The van der Waals surface area contributed by atoms with E-state index in [1.807, 2.05) is 55.5 Å². The van der Waals surface area contributed by atoms with Crippen LogP contribution >= 0.6 is 11.6 Å². The zero-order valence-electron chi connectivity index (χ0n) is 18.0. The number of hydrogen-bond acceptors (Lipinski definition) is 4. The summed E-state index contributed by atoms with van der Waals surface area (Å²) in [6, 6.07) is 21.1. The molecule has 0 aliphatic heterocycles. The van der Waals surface area contributed by atoms with Crippen molar-refractivity contribution in [1.29, 1.82) is 0 Å². The number of carbonyl (C=O) groups is 1. The van der Waals surface area contributed by atoms with Crippen molar-refractivity contribution < 1.29 is 17.9 Å². The molecule has 0 bridgehead atoms. The molecule has 0 spiro atoms. The molecule has 0 heterocycles. The molecule has 0 aromatic heterocycles. The second-order valence-electron chi connectivity index (χ2n) is 7.59. The molecule has 0 aliphatic rings. The summed E-state index contributed by atoms with van der Waals surface area (Å²) in [4.78, 5) is 11.5. The highest BCUT2D eigenvalue weighted by Crippen LogP contribution is 2.26. The number of rotatable bonds is 9. The molecule has 1 unspecified atom stereocenters. The van der Waals surface area contributed by atoms with Gasteiger partial charge in [0.1, 0.15) is 0 Å². The van der Waals surface area contributed by atoms with Crippen LogP contribution in [-0.4, -0.2) is 21.5 Å². The number of benzene rings is 3. The third kappa shape index (κ3) is 6.42. The minimum Gasteiger partial charge on any atom is -0.469 e. The van der Waals surface area contributed by atoms with Crippen LogP contribution in [0.3, 0.4) is 0 Å². The van der Waals surface area contributed by atoms with Crippen LogP contribution in [0.2, 0.25) is 5.02 Å².